The number of pyridine rings is 1. The van der Waals surface area contributed by atoms with Crippen molar-refractivity contribution >= 4 is 33.0 Å². The number of hydrogen-bond acceptors (Lipinski definition) is 5. The number of rotatable bonds is 6. The predicted octanol–water partition coefficient (Wildman–Crippen LogP) is 15.1. The molecule has 1 radical (unpaired) electrons. The van der Waals surface area contributed by atoms with Crippen molar-refractivity contribution in [3.63, 3.8) is 0 Å². The quantitative estimate of drug-likeness (QED) is 0.155. The number of nitrogens with zero attached hydrogens (tertiary/aromatic N) is 3. The fourth-order valence-corrected chi connectivity index (χ4v) is 8.07. The van der Waals surface area contributed by atoms with Crippen LogP contribution in [-0.2, 0) is 20.1 Å². The van der Waals surface area contributed by atoms with Gasteiger partial charge < -0.3 is 23.4 Å². The number of para-hydroxylation sites is 4. The zero-order valence-corrected chi connectivity index (χ0v) is 37.0. The predicted molar refractivity (Wildman–Crippen MR) is 246 cm³/mol. The van der Waals surface area contributed by atoms with E-state index in [4.69, 9.17) is 23.0 Å². The number of imidazole rings is 1. The Balaban J connectivity index is 0.000000266. The second kappa shape index (κ2) is 16.9. The SMILES string of the molecule is CC(C)c1cc(-c2ccccc2)cc(C(C)C)c1-n1c(-c2[c-]ccc3c2oc2cc4c(cc23)Oc2ccccc2O4)nc2ccccc21.[2H]C([2H])([2H])c1ccc(-c2[c-]cccc2)nc1.[Ir]. The number of ether oxygens (including phenoxy) is 2. The maximum atomic E-state index is 7.23. The average Bonchev–Trinajstić information content (AvgIpc) is 3.88. The standard InChI is InChI=1S/C43H33N2O3.C12H10N.Ir/c1-25(2)31-21-28(27-13-6-5-7-14-27)22-32(26(3)4)41(31)45-35-18-9-8-17-34(35)44-43(45)30-16-12-15-29-33-23-39-40(24-38(33)48-42(29)30)47-37-20-11-10-19-36(37)46-39;1-10-7-8-12(13-9-10)11-5-3-2-4-6-11;/h5-15,17-26H,1-4H3;2-5,7-9H,1H3;/q2*-1;/i;1D3;. The van der Waals surface area contributed by atoms with E-state index < -0.39 is 6.85 Å². The Morgan fingerprint density at radius 2 is 1.32 bits per heavy atom. The number of furan rings is 1. The monoisotopic (exact) mass is 989 g/mol. The molecule has 0 atom stereocenters. The Bertz CT molecular complexity index is 3300. The van der Waals surface area contributed by atoms with Crippen molar-refractivity contribution in [1.29, 1.82) is 0 Å². The van der Waals surface area contributed by atoms with Crippen LogP contribution >= 0.6 is 0 Å². The molecule has 6 nitrogen and oxygen atoms in total. The first kappa shape index (κ1) is 37.0. The summed E-state index contributed by atoms with van der Waals surface area (Å²) in [5, 5.41) is 1.91. The maximum absolute atomic E-state index is 7.23. The van der Waals surface area contributed by atoms with Crippen molar-refractivity contribution in [1.82, 2.24) is 14.5 Å². The Hall–Kier alpha value is -6.79. The molecule has 0 aliphatic carbocycles. The third-order valence-corrected chi connectivity index (χ3v) is 11.1. The zero-order valence-electron chi connectivity index (χ0n) is 37.6. The summed E-state index contributed by atoms with van der Waals surface area (Å²) in [6.07, 6.45) is 1.39. The molecule has 62 heavy (non-hydrogen) atoms. The summed E-state index contributed by atoms with van der Waals surface area (Å²) in [5.41, 5.74) is 12.2. The molecule has 0 N–H and O–H groups in total. The van der Waals surface area contributed by atoms with Crippen LogP contribution in [0.2, 0.25) is 0 Å². The third-order valence-electron chi connectivity index (χ3n) is 11.1. The van der Waals surface area contributed by atoms with Gasteiger partial charge in [-0.05, 0) is 94.7 Å². The second-order valence-electron chi connectivity index (χ2n) is 15.8. The molecule has 0 amide bonds. The van der Waals surface area contributed by atoms with E-state index in [1.54, 1.807) is 18.2 Å². The Kier molecular flexibility index (Phi) is 10.1. The van der Waals surface area contributed by atoms with Crippen LogP contribution in [0.3, 0.4) is 0 Å². The molecule has 4 heterocycles. The van der Waals surface area contributed by atoms with Crippen LogP contribution in [0.25, 0.3) is 72.4 Å². The molecular weight excluding hydrogens is 943 g/mol. The molecule has 7 aromatic carbocycles. The molecule has 3 aromatic heterocycles. The van der Waals surface area contributed by atoms with Gasteiger partial charge in [-0.2, -0.15) is 0 Å². The summed E-state index contributed by atoms with van der Waals surface area (Å²) in [6, 6.07) is 56.7. The smallest absolute Gasteiger partial charge is 0.173 e. The maximum Gasteiger partial charge on any atom is 0.173 e. The Labute approximate surface area is 379 Å². The molecule has 0 unspecified atom stereocenters. The molecule has 11 rings (SSSR count). The molecule has 1 aliphatic heterocycles. The first-order chi connectivity index (χ1) is 31.0. The molecule has 10 aromatic rings. The summed E-state index contributed by atoms with van der Waals surface area (Å²) in [5.74, 6) is 3.98. The molecule has 1 aliphatic rings. The minimum Gasteiger partial charge on any atom is -0.500 e. The van der Waals surface area contributed by atoms with E-state index in [2.05, 4.69) is 116 Å². The van der Waals surface area contributed by atoms with E-state index in [0.717, 1.165) is 50.0 Å². The van der Waals surface area contributed by atoms with E-state index in [1.165, 1.54) is 34.1 Å². The molecule has 0 spiro atoms. The third kappa shape index (κ3) is 7.48. The average molecular weight is 989 g/mol. The fourth-order valence-electron chi connectivity index (χ4n) is 8.07. The van der Waals surface area contributed by atoms with Gasteiger partial charge in [0.15, 0.2) is 23.0 Å². The largest absolute Gasteiger partial charge is 0.500 e. The second-order valence-corrected chi connectivity index (χ2v) is 15.8. The van der Waals surface area contributed by atoms with Crippen molar-refractivity contribution in [2.75, 3.05) is 0 Å². The molecule has 7 heteroatoms. The van der Waals surface area contributed by atoms with Crippen molar-refractivity contribution in [2.24, 2.45) is 0 Å². The van der Waals surface area contributed by atoms with Crippen molar-refractivity contribution in [2.45, 2.75) is 46.4 Å². The molecule has 0 saturated carbocycles. The van der Waals surface area contributed by atoms with E-state index in [9.17, 15) is 0 Å². The minimum atomic E-state index is -2.09. The number of aromatic nitrogens is 3. The first-order valence-electron chi connectivity index (χ1n) is 22.0. The summed E-state index contributed by atoms with van der Waals surface area (Å²) in [7, 11) is 0. The van der Waals surface area contributed by atoms with Crippen molar-refractivity contribution < 1.29 is 38.1 Å². The number of aryl methyl sites for hydroxylation is 1. The zero-order chi connectivity index (χ0) is 44.1. The van der Waals surface area contributed by atoms with Crippen molar-refractivity contribution in [3.05, 3.63) is 187 Å². The summed E-state index contributed by atoms with van der Waals surface area (Å²) < 4.78 is 43.2. The molecule has 0 saturated heterocycles. The molecule has 0 bridgehead atoms. The Morgan fingerprint density at radius 1 is 0.629 bits per heavy atom. The number of fused-ring (bicyclic) bond motifs is 6. The summed E-state index contributed by atoms with van der Waals surface area (Å²) >= 11 is 0. The van der Waals surface area contributed by atoms with Crippen LogP contribution < -0.4 is 9.47 Å². The van der Waals surface area contributed by atoms with Crippen LogP contribution in [0.4, 0.5) is 0 Å². The van der Waals surface area contributed by atoms with Crippen LogP contribution in [0.1, 0.15) is 60.3 Å². The van der Waals surface area contributed by atoms with Gasteiger partial charge in [0.1, 0.15) is 5.58 Å². The molecule has 0 fully saturated rings. The van der Waals surface area contributed by atoms with Crippen LogP contribution in [0.15, 0.2) is 162 Å². The van der Waals surface area contributed by atoms with Gasteiger partial charge in [-0.15, -0.1) is 54.1 Å². The number of hydrogen-bond donors (Lipinski definition) is 0. The molecule has 307 valence electrons. The van der Waals surface area contributed by atoms with Gasteiger partial charge in [0.05, 0.1) is 22.4 Å². The summed E-state index contributed by atoms with van der Waals surface area (Å²) in [4.78, 5) is 9.41. The van der Waals surface area contributed by atoms with Gasteiger partial charge in [-0.1, -0.05) is 105 Å². The van der Waals surface area contributed by atoms with Gasteiger partial charge in [0.2, 0.25) is 0 Å². The van der Waals surface area contributed by atoms with E-state index in [-0.39, 0.29) is 37.5 Å². The van der Waals surface area contributed by atoms with E-state index in [0.29, 0.717) is 28.6 Å². The van der Waals surface area contributed by atoms with Crippen LogP contribution in [0.5, 0.6) is 23.0 Å². The minimum absolute atomic E-state index is 0. The fraction of sp³-hybridized carbons (Fsp3) is 0.127. The van der Waals surface area contributed by atoms with Crippen molar-refractivity contribution in [3.8, 4) is 62.5 Å². The van der Waals surface area contributed by atoms with Crippen LogP contribution in [0, 0.1) is 19.0 Å². The Morgan fingerprint density at radius 3 is 2.00 bits per heavy atom. The summed E-state index contributed by atoms with van der Waals surface area (Å²) in [6.45, 7) is 6.99. The van der Waals surface area contributed by atoms with Gasteiger partial charge in [-0.3, -0.25) is 4.98 Å². The van der Waals surface area contributed by atoms with Gasteiger partial charge in [-0.25, -0.2) is 0 Å². The first-order valence-corrected chi connectivity index (χ1v) is 20.5. The van der Waals surface area contributed by atoms with Gasteiger partial charge in [0, 0.05) is 47.6 Å². The van der Waals surface area contributed by atoms with Gasteiger partial charge in [0.25, 0.3) is 0 Å². The van der Waals surface area contributed by atoms with E-state index in [1.807, 2.05) is 66.7 Å². The number of benzene rings is 7. The van der Waals surface area contributed by atoms with E-state index >= 15 is 0 Å². The normalized spacial score (nSPS) is 12.6. The van der Waals surface area contributed by atoms with Gasteiger partial charge >= 0.3 is 0 Å². The van der Waals surface area contributed by atoms with Crippen LogP contribution in [-0.4, -0.2) is 14.5 Å². The molecular formula is C55H43IrN3O3-2. The topological polar surface area (TPSA) is 62.3 Å².